The first kappa shape index (κ1) is 29.6. The molecule has 2 aromatic rings. The highest BCUT2D eigenvalue weighted by molar-refractivity contribution is 6.20. The lowest BCUT2D eigenvalue weighted by Crippen LogP contribution is -2.45. The van der Waals surface area contributed by atoms with Crippen LogP contribution in [-0.4, -0.2) is 42.9 Å². The molecule has 210 valence electrons. The number of halogens is 4. The Morgan fingerprint density at radius 3 is 2.46 bits per heavy atom. The summed E-state index contributed by atoms with van der Waals surface area (Å²) >= 11 is 0. The summed E-state index contributed by atoms with van der Waals surface area (Å²) < 4.78 is 57.9. The smallest absolute Gasteiger partial charge is 0.389 e. The van der Waals surface area contributed by atoms with Crippen molar-refractivity contribution in [3.63, 3.8) is 0 Å². The van der Waals surface area contributed by atoms with Gasteiger partial charge in [0.25, 0.3) is 5.91 Å². The third-order valence-corrected chi connectivity index (χ3v) is 6.11. The molecule has 2 aliphatic rings. The van der Waals surface area contributed by atoms with Crippen LogP contribution >= 0.6 is 0 Å². The number of carbonyl (C=O) groups excluding carboxylic acids is 3. The summed E-state index contributed by atoms with van der Waals surface area (Å²) in [5, 5.41) is 4.63. The maximum absolute atomic E-state index is 14.6. The van der Waals surface area contributed by atoms with Crippen LogP contribution in [0.3, 0.4) is 0 Å². The Morgan fingerprint density at radius 2 is 1.87 bits per heavy atom. The Hall–Kier alpha value is -3.96. The molecule has 0 spiro atoms. The number of carbonyl (C=O) groups is 3. The van der Waals surface area contributed by atoms with Crippen LogP contribution in [0.2, 0.25) is 0 Å². The van der Waals surface area contributed by atoms with Crippen molar-refractivity contribution in [1.82, 2.24) is 5.32 Å². The van der Waals surface area contributed by atoms with Gasteiger partial charge in [-0.1, -0.05) is 44.0 Å². The zero-order valence-electron chi connectivity index (χ0n) is 21.5. The Kier molecular flexibility index (Phi) is 9.66. The minimum Gasteiger partial charge on any atom is -0.497 e. The SMILES string of the molecule is CC1CC1.COc1cccc(C2=NC(NC(=O)C(CCC(F)(F)F)CC(N)=O)C(=O)Nc3c(F)cccc32)c1. The summed E-state index contributed by atoms with van der Waals surface area (Å²) in [4.78, 5) is 41.2. The zero-order valence-corrected chi connectivity index (χ0v) is 21.5. The van der Waals surface area contributed by atoms with Crippen molar-refractivity contribution < 1.29 is 36.7 Å². The Bertz CT molecular complexity index is 1240. The number of amides is 3. The van der Waals surface area contributed by atoms with Gasteiger partial charge in [0.1, 0.15) is 11.6 Å². The van der Waals surface area contributed by atoms with E-state index in [0.717, 1.165) is 12.0 Å². The first-order valence-electron chi connectivity index (χ1n) is 12.4. The van der Waals surface area contributed by atoms with Crippen molar-refractivity contribution in [1.29, 1.82) is 0 Å². The molecule has 4 N–H and O–H groups in total. The lowest BCUT2D eigenvalue weighted by molar-refractivity contribution is -0.143. The van der Waals surface area contributed by atoms with Crippen molar-refractivity contribution in [2.45, 2.75) is 51.4 Å². The van der Waals surface area contributed by atoms with Crippen LogP contribution in [0.1, 0.15) is 50.2 Å². The number of nitrogens with one attached hydrogen (secondary N) is 2. The van der Waals surface area contributed by atoms with E-state index in [1.165, 1.54) is 32.1 Å². The van der Waals surface area contributed by atoms with Gasteiger partial charge >= 0.3 is 6.18 Å². The number of rotatable bonds is 8. The van der Waals surface area contributed by atoms with Crippen LogP contribution in [0, 0.1) is 17.7 Å². The van der Waals surface area contributed by atoms with Gasteiger partial charge in [0.15, 0.2) is 0 Å². The predicted octanol–water partition coefficient (Wildman–Crippen LogP) is 4.32. The fourth-order valence-electron chi connectivity index (χ4n) is 3.72. The molecule has 0 radical (unpaired) electrons. The van der Waals surface area contributed by atoms with Crippen LogP contribution in [-0.2, 0) is 14.4 Å². The number of hydrogen-bond donors (Lipinski definition) is 3. The second-order valence-electron chi connectivity index (χ2n) is 9.48. The summed E-state index contributed by atoms with van der Waals surface area (Å²) in [6, 6.07) is 10.6. The molecule has 1 aliphatic heterocycles. The third kappa shape index (κ3) is 8.79. The average Bonchev–Trinajstić information content (AvgIpc) is 3.68. The first-order valence-corrected chi connectivity index (χ1v) is 12.4. The number of hydrogen-bond acceptors (Lipinski definition) is 5. The van der Waals surface area contributed by atoms with E-state index in [4.69, 9.17) is 10.5 Å². The summed E-state index contributed by atoms with van der Waals surface area (Å²) in [5.74, 6) is -3.59. The zero-order chi connectivity index (χ0) is 28.7. The van der Waals surface area contributed by atoms with E-state index in [9.17, 15) is 31.9 Å². The molecule has 39 heavy (non-hydrogen) atoms. The molecule has 1 saturated carbocycles. The Labute approximate surface area is 223 Å². The number of aliphatic imine (C=N–C) groups is 1. The molecule has 1 aliphatic carbocycles. The van der Waals surface area contributed by atoms with E-state index in [-0.39, 0.29) is 17.0 Å². The van der Waals surface area contributed by atoms with Gasteiger partial charge in [-0.25, -0.2) is 9.38 Å². The van der Waals surface area contributed by atoms with Gasteiger partial charge in [0.05, 0.1) is 18.5 Å². The Morgan fingerprint density at radius 1 is 1.21 bits per heavy atom. The topological polar surface area (TPSA) is 123 Å². The van der Waals surface area contributed by atoms with E-state index < -0.39 is 61.1 Å². The fourth-order valence-corrected chi connectivity index (χ4v) is 3.72. The number of methoxy groups -OCH3 is 1. The predicted molar refractivity (Wildman–Crippen MR) is 137 cm³/mol. The van der Waals surface area contributed by atoms with Gasteiger partial charge in [-0.3, -0.25) is 14.4 Å². The molecule has 0 bridgehead atoms. The van der Waals surface area contributed by atoms with E-state index in [1.807, 2.05) is 0 Å². The lowest BCUT2D eigenvalue weighted by Gasteiger charge is -2.19. The standard InChI is InChI=1S/C23H22F4N4O4.C4H8/c1-35-14-5-2-4-12(10-14)18-15-6-3-7-16(24)19(15)30-22(34)20(29-18)31-21(33)13(11-17(28)32)8-9-23(25,26)27;1-4-2-3-4/h2-7,10,13,20H,8-9,11H2,1H3,(H2,28,32)(H,30,34)(H,31,33);4H,2-3H2,1H3. The third-order valence-electron chi connectivity index (χ3n) is 6.11. The summed E-state index contributed by atoms with van der Waals surface area (Å²) in [5.41, 5.74) is 5.69. The van der Waals surface area contributed by atoms with Gasteiger partial charge in [-0.05, 0) is 30.5 Å². The maximum atomic E-state index is 14.6. The van der Waals surface area contributed by atoms with Gasteiger partial charge < -0.3 is 21.1 Å². The first-order chi connectivity index (χ1) is 18.4. The van der Waals surface area contributed by atoms with Crippen molar-refractivity contribution in [3.05, 3.63) is 59.4 Å². The van der Waals surface area contributed by atoms with Gasteiger partial charge in [-0.2, -0.15) is 13.2 Å². The minimum absolute atomic E-state index is 0.129. The van der Waals surface area contributed by atoms with Crippen LogP contribution in [0.15, 0.2) is 47.5 Å². The summed E-state index contributed by atoms with van der Waals surface area (Å²) in [6.45, 7) is 2.28. The molecular formula is C27H30F4N4O4. The van der Waals surface area contributed by atoms with Crippen molar-refractivity contribution >= 4 is 29.1 Å². The van der Waals surface area contributed by atoms with Crippen molar-refractivity contribution in [2.75, 3.05) is 12.4 Å². The quantitative estimate of drug-likeness (QED) is 0.424. The number of primary amides is 1. The number of benzene rings is 2. The van der Waals surface area contributed by atoms with E-state index >= 15 is 0 Å². The maximum Gasteiger partial charge on any atom is 0.389 e. The molecule has 1 fully saturated rings. The minimum atomic E-state index is -4.56. The van der Waals surface area contributed by atoms with E-state index in [1.54, 1.807) is 24.3 Å². The molecule has 8 nitrogen and oxygen atoms in total. The summed E-state index contributed by atoms with van der Waals surface area (Å²) in [7, 11) is 1.44. The van der Waals surface area contributed by atoms with Crippen LogP contribution in [0.5, 0.6) is 5.75 Å². The molecule has 2 atom stereocenters. The number of nitrogens with two attached hydrogens (primary N) is 1. The number of nitrogens with zero attached hydrogens (tertiary/aromatic N) is 1. The number of fused-ring (bicyclic) bond motifs is 1. The van der Waals surface area contributed by atoms with Crippen molar-refractivity contribution in [2.24, 2.45) is 22.6 Å². The highest BCUT2D eigenvalue weighted by Gasteiger charge is 2.34. The van der Waals surface area contributed by atoms with Gasteiger partial charge in [-0.15, -0.1) is 0 Å². The second kappa shape index (κ2) is 12.7. The number of ether oxygens (including phenoxy) is 1. The molecule has 0 aromatic heterocycles. The van der Waals surface area contributed by atoms with Gasteiger partial charge in [0.2, 0.25) is 18.0 Å². The Balaban J connectivity index is 0.000000960. The molecule has 0 saturated heterocycles. The number of para-hydroxylation sites is 1. The highest BCUT2D eigenvalue weighted by atomic mass is 19.4. The molecule has 2 aromatic carbocycles. The largest absolute Gasteiger partial charge is 0.497 e. The van der Waals surface area contributed by atoms with Gasteiger partial charge in [0, 0.05) is 29.9 Å². The van der Waals surface area contributed by atoms with E-state index in [2.05, 4.69) is 22.5 Å². The number of benzodiazepines with no additional fused rings is 1. The average molecular weight is 551 g/mol. The van der Waals surface area contributed by atoms with Crippen LogP contribution in [0.25, 0.3) is 0 Å². The molecule has 4 rings (SSSR count). The fraction of sp³-hybridized carbons (Fsp3) is 0.407. The number of alkyl halides is 3. The van der Waals surface area contributed by atoms with Crippen LogP contribution in [0.4, 0.5) is 23.2 Å². The summed E-state index contributed by atoms with van der Waals surface area (Å²) in [6.07, 6.45) is -5.92. The molecular weight excluding hydrogens is 520 g/mol. The molecule has 2 unspecified atom stereocenters. The van der Waals surface area contributed by atoms with Crippen molar-refractivity contribution in [3.8, 4) is 5.75 Å². The molecule has 3 amide bonds. The number of anilines is 1. The van der Waals surface area contributed by atoms with E-state index in [0.29, 0.717) is 11.3 Å². The second-order valence-corrected chi connectivity index (χ2v) is 9.48. The molecule has 12 heteroatoms. The highest BCUT2D eigenvalue weighted by Crippen LogP contribution is 2.29. The monoisotopic (exact) mass is 550 g/mol. The lowest BCUT2D eigenvalue weighted by atomic mass is 9.97. The molecule has 1 heterocycles. The normalized spacial score (nSPS) is 17.3. The van der Waals surface area contributed by atoms with Crippen LogP contribution < -0.4 is 21.1 Å².